The lowest BCUT2D eigenvalue weighted by atomic mass is 10.0. The molecule has 0 amide bonds. The predicted molar refractivity (Wildman–Crippen MR) is 67.1 cm³/mol. The van der Waals surface area contributed by atoms with Crippen LogP contribution in [-0.2, 0) is 21.1 Å². The Morgan fingerprint density at radius 3 is 2.50 bits per heavy atom. The zero-order chi connectivity index (χ0) is 13.0. The van der Waals surface area contributed by atoms with Gasteiger partial charge in [-0.25, -0.2) is 14.6 Å². The molecule has 0 saturated carbocycles. The van der Waals surface area contributed by atoms with E-state index in [-0.39, 0.29) is 5.97 Å². The Labute approximate surface area is 105 Å². The average Bonchev–Trinajstić information content (AvgIpc) is 2.43. The number of fused-ring (bicyclic) bond motifs is 1. The van der Waals surface area contributed by atoms with Crippen molar-refractivity contribution in [2.45, 2.75) is 6.61 Å². The van der Waals surface area contributed by atoms with Crippen molar-refractivity contribution in [3.63, 3.8) is 0 Å². The number of hydrogen-bond acceptors (Lipinski definition) is 4. The highest BCUT2D eigenvalue weighted by Gasteiger charge is 2.06. The quantitative estimate of drug-likeness (QED) is 0.472. The molecule has 0 aliphatic carbocycles. The van der Waals surface area contributed by atoms with Gasteiger partial charge < -0.3 is 4.74 Å². The number of carbonyl (C=O) groups is 1. The number of hydrogen-bond donors (Lipinski definition) is 0. The molecular formula is C14H14O4. The van der Waals surface area contributed by atoms with Crippen LogP contribution < -0.4 is 0 Å². The van der Waals surface area contributed by atoms with Crippen LogP contribution in [0.1, 0.15) is 15.9 Å². The van der Waals surface area contributed by atoms with Crippen molar-refractivity contribution in [1.29, 1.82) is 0 Å². The first kappa shape index (κ1) is 12.5. The second kappa shape index (κ2) is 5.62. The monoisotopic (exact) mass is 246 g/mol. The van der Waals surface area contributed by atoms with E-state index in [1.54, 1.807) is 6.07 Å². The van der Waals surface area contributed by atoms with Crippen LogP contribution in [0.25, 0.3) is 10.8 Å². The van der Waals surface area contributed by atoms with Crippen molar-refractivity contribution in [1.82, 2.24) is 0 Å². The predicted octanol–water partition coefficient (Wildman–Crippen LogP) is 2.70. The lowest BCUT2D eigenvalue weighted by molar-refractivity contribution is -0.282. The van der Waals surface area contributed by atoms with E-state index in [9.17, 15) is 4.79 Å². The van der Waals surface area contributed by atoms with Gasteiger partial charge in [0.2, 0.25) is 0 Å². The van der Waals surface area contributed by atoms with Gasteiger partial charge in [-0.2, -0.15) is 0 Å². The van der Waals surface area contributed by atoms with E-state index in [1.807, 2.05) is 30.3 Å². The molecule has 0 aliphatic heterocycles. The molecule has 0 bridgehead atoms. The summed E-state index contributed by atoms with van der Waals surface area (Å²) in [7, 11) is 2.85. The average molecular weight is 246 g/mol. The molecule has 0 fully saturated rings. The topological polar surface area (TPSA) is 44.8 Å². The molecule has 4 heteroatoms. The van der Waals surface area contributed by atoms with Crippen molar-refractivity contribution >= 4 is 16.7 Å². The van der Waals surface area contributed by atoms with E-state index in [0.29, 0.717) is 12.2 Å². The van der Waals surface area contributed by atoms with E-state index in [1.165, 1.54) is 14.2 Å². The van der Waals surface area contributed by atoms with Gasteiger partial charge in [0, 0.05) is 0 Å². The Morgan fingerprint density at radius 1 is 1.06 bits per heavy atom. The fraction of sp³-hybridized carbons (Fsp3) is 0.214. The molecule has 0 radical (unpaired) electrons. The fourth-order valence-corrected chi connectivity index (χ4v) is 1.76. The molecule has 94 valence electrons. The van der Waals surface area contributed by atoms with Crippen LogP contribution in [0.2, 0.25) is 0 Å². The third kappa shape index (κ3) is 2.67. The van der Waals surface area contributed by atoms with Gasteiger partial charge in [0.05, 0.1) is 19.8 Å². The number of esters is 1. The van der Waals surface area contributed by atoms with Crippen LogP contribution in [0.15, 0.2) is 36.4 Å². The van der Waals surface area contributed by atoms with Gasteiger partial charge in [0.25, 0.3) is 0 Å². The van der Waals surface area contributed by atoms with Gasteiger partial charge in [0.15, 0.2) is 0 Å². The third-order valence-corrected chi connectivity index (χ3v) is 2.67. The second-order valence-electron chi connectivity index (χ2n) is 3.82. The number of rotatable bonds is 4. The van der Waals surface area contributed by atoms with Crippen molar-refractivity contribution in [3.05, 3.63) is 47.5 Å². The first-order valence-corrected chi connectivity index (χ1v) is 5.51. The van der Waals surface area contributed by atoms with Gasteiger partial charge in [-0.05, 0) is 34.5 Å². The Hall–Kier alpha value is -1.91. The Kier molecular flexibility index (Phi) is 3.92. The molecule has 2 rings (SSSR count). The SMILES string of the molecule is COOCc1ccc2cc(C(=O)OC)ccc2c1. The zero-order valence-corrected chi connectivity index (χ0v) is 10.3. The lowest BCUT2D eigenvalue weighted by Crippen LogP contribution is -2.00. The van der Waals surface area contributed by atoms with Crippen molar-refractivity contribution in [3.8, 4) is 0 Å². The van der Waals surface area contributed by atoms with E-state index in [2.05, 4.69) is 9.62 Å². The van der Waals surface area contributed by atoms with Crippen molar-refractivity contribution in [2.24, 2.45) is 0 Å². The lowest BCUT2D eigenvalue weighted by Gasteiger charge is -2.05. The van der Waals surface area contributed by atoms with Gasteiger partial charge in [-0.1, -0.05) is 18.2 Å². The van der Waals surface area contributed by atoms with Crippen LogP contribution in [0.5, 0.6) is 0 Å². The Balaban J connectivity index is 2.33. The molecule has 0 aliphatic rings. The summed E-state index contributed by atoms with van der Waals surface area (Å²) in [5, 5.41) is 2.03. The van der Waals surface area contributed by atoms with Gasteiger partial charge >= 0.3 is 5.97 Å². The highest BCUT2D eigenvalue weighted by Crippen LogP contribution is 2.19. The van der Waals surface area contributed by atoms with E-state index >= 15 is 0 Å². The van der Waals surface area contributed by atoms with Crippen LogP contribution in [0, 0.1) is 0 Å². The maximum absolute atomic E-state index is 11.4. The first-order chi connectivity index (χ1) is 8.74. The summed E-state index contributed by atoms with van der Waals surface area (Å²) in [6, 6.07) is 11.3. The largest absolute Gasteiger partial charge is 0.465 e. The second-order valence-corrected chi connectivity index (χ2v) is 3.82. The molecule has 0 heterocycles. The van der Waals surface area contributed by atoms with Gasteiger partial charge in [0.1, 0.15) is 6.61 Å². The zero-order valence-electron chi connectivity index (χ0n) is 10.3. The molecule has 0 N–H and O–H groups in total. The standard InChI is InChI=1S/C14H14O4/c1-16-14(15)13-6-5-11-7-10(9-18-17-2)3-4-12(11)8-13/h3-8H,9H2,1-2H3. The smallest absolute Gasteiger partial charge is 0.337 e. The third-order valence-electron chi connectivity index (χ3n) is 2.67. The summed E-state index contributed by atoms with van der Waals surface area (Å²) in [6.07, 6.45) is 0. The van der Waals surface area contributed by atoms with Crippen LogP contribution in [0.4, 0.5) is 0 Å². The molecule has 4 nitrogen and oxygen atoms in total. The molecule has 0 saturated heterocycles. The fourth-order valence-electron chi connectivity index (χ4n) is 1.76. The van der Waals surface area contributed by atoms with E-state index < -0.39 is 0 Å². The summed E-state index contributed by atoms with van der Waals surface area (Å²) < 4.78 is 4.69. The molecule has 0 aromatic heterocycles. The molecule has 18 heavy (non-hydrogen) atoms. The van der Waals surface area contributed by atoms with Gasteiger partial charge in [-0.3, -0.25) is 0 Å². The van der Waals surface area contributed by atoms with Crippen molar-refractivity contribution in [2.75, 3.05) is 14.2 Å². The molecule has 2 aromatic carbocycles. The van der Waals surface area contributed by atoms with Crippen molar-refractivity contribution < 1.29 is 19.3 Å². The molecule has 0 spiro atoms. The minimum Gasteiger partial charge on any atom is -0.465 e. The molecule has 0 atom stereocenters. The minimum atomic E-state index is -0.330. The Morgan fingerprint density at radius 2 is 1.78 bits per heavy atom. The van der Waals surface area contributed by atoms with Crippen LogP contribution in [-0.4, -0.2) is 20.2 Å². The minimum absolute atomic E-state index is 0.330. The number of ether oxygens (including phenoxy) is 1. The summed E-state index contributed by atoms with van der Waals surface area (Å²) >= 11 is 0. The highest BCUT2D eigenvalue weighted by atomic mass is 17.2. The highest BCUT2D eigenvalue weighted by molar-refractivity contribution is 5.95. The van der Waals surface area contributed by atoms with E-state index in [4.69, 9.17) is 4.89 Å². The maximum Gasteiger partial charge on any atom is 0.337 e. The van der Waals surface area contributed by atoms with Crippen LogP contribution >= 0.6 is 0 Å². The summed E-state index contributed by atoms with van der Waals surface area (Å²) in [6.45, 7) is 0.394. The number of benzene rings is 2. The van der Waals surface area contributed by atoms with E-state index in [0.717, 1.165) is 16.3 Å². The summed E-state index contributed by atoms with van der Waals surface area (Å²) in [5.41, 5.74) is 1.56. The Bertz CT molecular complexity index is 563. The maximum atomic E-state index is 11.4. The molecule has 0 unspecified atom stereocenters. The van der Waals surface area contributed by atoms with Crippen LogP contribution in [0.3, 0.4) is 0 Å². The number of methoxy groups -OCH3 is 1. The van der Waals surface area contributed by atoms with Gasteiger partial charge in [-0.15, -0.1) is 0 Å². The molecule has 2 aromatic rings. The normalized spacial score (nSPS) is 10.6. The number of carbonyl (C=O) groups excluding carboxylic acids is 1. The molecular weight excluding hydrogens is 232 g/mol. The summed E-state index contributed by atoms with van der Waals surface area (Å²) in [5.74, 6) is -0.330. The summed E-state index contributed by atoms with van der Waals surface area (Å²) in [4.78, 5) is 20.8. The first-order valence-electron chi connectivity index (χ1n) is 5.51.